The number of pyridine rings is 1. The van der Waals surface area contributed by atoms with Crippen LogP contribution in [0.5, 0.6) is 0 Å². The van der Waals surface area contributed by atoms with Crippen LogP contribution < -0.4 is 10.7 Å². The molecule has 0 bridgehead atoms. The van der Waals surface area contributed by atoms with Crippen LogP contribution in [0.4, 0.5) is 0 Å². The molecule has 0 aliphatic carbocycles. The first-order valence-electron chi connectivity index (χ1n) is 5.39. The monoisotopic (exact) mass is 236 g/mol. The van der Waals surface area contributed by atoms with E-state index in [2.05, 4.69) is 16.9 Å². The highest BCUT2D eigenvalue weighted by molar-refractivity contribution is 5.93. The number of aromatic amines is 1. The number of carbonyl (C=O) groups excluding carboxylic acids is 1. The minimum absolute atomic E-state index is 0.110. The van der Waals surface area contributed by atoms with Crippen molar-refractivity contribution in [2.24, 2.45) is 0 Å². The van der Waals surface area contributed by atoms with Gasteiger partial charge in [0, 0.05) is 25.0 Å². The highest BCUT2D eigenvalue weighted by Crippen LogP contribution is 1.88. The van der Waals surface area contributed by atoms with Crippen molar-refractivity contribution in [2.45, 2.75) is 6.42 Å². The lowest BCUT2D eigenvalue weighted by molar-refractivity contribution is 0.0916. The zero-order valence-corrected chi connectivity index (χ0v) is 9.57. The van der Waals surface area contributed by atoms with Gasteiger partial charge in [-0.2, -0.15) is 0 Å². The molecule has 0 aromatic carbocycles. The SMILES string of the molecule is C=CCCOCCNC(=O)c1c[nH]ccc1=O. The van der Waals surface area contributed by atoms with E-state index in [1.54, 1.807) is 6.08 Å². The number of hydrogen-bond acceptors (Lipinski definition) is 3. The van der Waals surface area contributed by atoms with Gasteiger partial charge in [0.1, 0.15) is 5.56 Å². The van der Waals surface area contributed by atoms with E-state index in [0.29, 0.717) is 19.8 Å². The maximum atomic E-state index is 11.6. The van der Waals surface area contributed by atoms with E-state index in [9.17, 15) is 9.59 Å². The fourth-order valence-corrected chi connectivity index (χ4v) is 1.19. The van der Waals surface area contributed by atoms with Gasteiger partial charge in [0.25, 0.3) is 5.91 Å². The number of carbonyl (C=O) groups is 1. The van der Waals surface area contributed by atoms with Crippen LogP contribution in [0.2, 0.25) is 0 Å². The molecule has 2 N–H and O–H groups in total. The van der Waals surface area contributed by atoms with Crippen molar-refractivity contribution in [1.29, 1.82) is 0 Å². The van der Waals surface area contributed by atoms with Crippen LogP contribution in [-0.4, -0.2) is 30.6 Å². The molecule has 92 valence electrons. The average molecular weight is 236 g/mol. The van der Waals surface area contributed by atoms with E-state index in [4.69, 9.17) is 4.74 Å². The molecule has 0 fully saturated rings. The lowest BCUT2D eigenvalue weighted by atomic mass is 10.2. The molecular formula is C12H16N2O3. The summed E-state index contributed by atoms with van der Waals surface area (Å²) < 4.78 is 5.22. The summed E-state index contributed by atoms with van der Waals surface area (Å²) in [5.74, 6) is -0.390. The lowest BCUT2D eigenvalue weighted by Crippen LogP contribution is -2.31. The van der Waals surface area contributed by atoms with E-state index < -0.39 is 0 Å². The minimum Gasteiger partial charge on any atom is -0.379 e. The molecule has 1 heterocycles. The molecular weight excluding hydrogens is 220 g/mol. The van der Waals surface area contributed by atoms with E-state index in [1.807, 2.05) is 0 Å². The molecule has 0 spiro atoms. The Morgan fingerprint density at radius 1 is 1.53 bits per heavy atom. The summed E-state index contributed by atoms with van der Waals surface area (Å²) in [6, 6.07) is 1.31. The van der Waals surface area contributed by atoms with Crippen LogP contribution >= 0.6 is 0 Å². The first kappa shape index (κ1) is 13.2. The van der Waals surface area contributed by atoms with E-state index in [1.165, 1.54) is 18.5 Å². The van der Waals surface area contributed by atoms with Gasteiger partial charge in [0.15, 0.2) is 5.43 Å². The summed E-state index contributed by atoms with van der Waals surface area (Å²) in [7, 11) is 0. The number of hydrogen-bond donors (Lipinski definition) is 2. The van der Waals surface area contributed by atoms with Gasteiger partial charge in [-0.05, 0) is 6.42 Å². The molecule has 5 nitrogen and oxygen atoms in total. The maximum Gasteiger partial charge on any atom is 0.256 e. The largest absolute Gasteiger partial charge is 0.379 e. The molecule has 0 radical (unpaired) electrons. The predicted molar refractivity (Wildman–Crippen MR) is 65.0 cm³/mol. The predicted octanol–water partition coefficient (Wildman–Crippen LogP) is 0.697. The second-order valence-corrected chi connectivity index (χ2v) is 3.37. The quantitative estimate of drug-likeness (QED) is 0.540. The molecule has 0 atom stereocenters. The Hall–Kier alpha value is -1.88. The van der Waals surface area contributed by atoms with Crippen LogP contribution in [0.1, 0.15) is 16.8 Å². The summed E-state index contributed by atoms with van der Waals surface area (Å²) in [4.78, 5) is 25.6. The summed E-state index contributed by atoms with van der Waals surface area (Å²) in [5.41, 5.74) is -0.188. The standard InChI is InChI=1S/C12H16N2O3/c1-2-3-7-17-8-6-14-12(16)10-9-13-5-4-11(10)15/h2,4-5,9H,1,3,6-8H2,(H,13,15)(H,14,16). The van der Waals surface area contributed by atoms with E-state index >= 15 is 0 Å². The van der Waals surface area contributed by atoms with Crippen LogP contribution in [-0.2, 0) is 4.74 Å². The highest BCUT2D eigenvalue weighted by Gasteiger charge is 2.07. The zero-order chi connectivity index (χ0) is 12.5. The smallest absolute Gasteiger partial charge is 0.256 e. The molecule has 17 heavy (non-hydrogen) atoms. The molecule has 1 amide bonds. The number of ether oxygens (including phenoxy) is 1. The molecule has 0 saturated carbocycles. The third kappa shape index (κ3) is 4.65. The maximum absolute atomic E-state index is 11.6. The van der Waals surface area contributed by atoms with Gasteiger partial charge in [-0.15, -0.1) is 6.58 Å². The van der Waals surface area contributed by atoms with Crippen LogP contribution in [0.3, 0.4) is 0 Å². The van der Waals surface area contributed by atoms with E-state index in [-0.39, 0.29) is 16.9 Å². The first-order chi connectivity index (χ1) is 8.25. The second kappa shape index (κ2) is 7.40. The Labute approximate surface area is 99.5 Å². The van der Waals surface area contributed by atoms with E-state index in [0.717, 1.165) is 6.42 Å². The summed E-state index contributed by atoms with van der Waals surface area (Å²) in [5, 5.41) is 2.61. The third-order valence-corrected chi connectivity index (χ3v) is 2.07. The molecule has 1 rings (SSSR count). The van der Waals surface area contributed by atoms with Crippen molar-refractivity contribution in [3.63, 3.8) is 0 Å². The zero-order valence-electron chi connectivity index (χ0n) is 9.57. The van der Waals surface area contributed by atoms with Gasteiger partial charge in [0.2, 0.25) is 0 Å². The van der Waals surface area contributed by atoms with Crippen molar-refractivity contribution in [3.05, 3.63) is 46.9 Å². The summed E-state index contributed by atoms with van der Waals surface area (Å²) in [6.45, 7) is 4.96. The fourth-order valence-electron chi connectivity index (χ4n) is 1.19. The lowest BCUT2D eigenvalue weighted by Gasteiger charge is -2.05. The van der Waals surface area contributed by atoms with Crippen molar-refractivity contribution in [3.8, 4) is 0 Å². The topological polar surface area (TPSA) is 71.2 Å². The first-order valence-corrected chi connectivity index (χ1v) is 5.39. The Kier molecular flexibility index (Phi) is 5.74. The van der Waals surface area contributed by atoms with Gasteiger partial charge in [0.05, 0.1) is 13.2 Å². The number of rotatable bonds is 7. The van der Waals surface area contributed by atoms with Gasteiger partial charge in [-0.3, -0.25) is 9.59 Å². The summed E-state index contributed by atoms with van der Waals surface area (Å²) >= 11 is 0. The van der Waals surface area contributed by atoms with Crippen LogP contribution in [0.15, 0.2) is 35.9 Å². The van der Waals surface area contributed by atoms with Gasteiger partial charge < -0.3 is 15.0 Å². The van der Waals surface area contributed by atoms with Crippen LogP contribution in [0, 0.1) is 0 Å². The second-order valence-electron chi connectivity index (χ2n) is 3.37. The Morgan fingerprint density at radius 2 is 2.35 bits per heavy atom. The molecule has 0 saturated heterocycles. The average Bonchev–Trinajstić information content (AvgIpc) is 2.34. The number of aromatic nitrogens is 1. The Bertz CT molecular complexity index is 426. The molecule has 0 aliphatic heterocycles. The van der Waals surface area contributed by atoms with Crippen molar-refractivity contribution < 1.29 is 9.53 Å². The van der Waals surface area contributed by atoms with Crippen LogP contribution in [0.25, 0.3) is 0 Å². The number of H-pyrrole nitrogens is 1. The Balaban J connectivity index is 2.28. The molecule has 1 aromatic rings. The van der Waals surface area contributed by atoms with Gasteiger partial charge >= 0.3 is 0 Å². The highest BCUT2D eigenvalue weighted by atomic mass is 16.5. The fraction of sp³-hybridized carbons (Fsp3) is 0.333. The van der Waals surface area contributed by atoms with Crippen molar-refractivity contribution in [2.75, 3.05) is 19.8 Å². The van der Waals surface area contributed by atoms with Gasteiger partial charge in [-0.25, -0.2) is 0 Å². The number of nitrogens with one attached hydrogen (secondary N) is 2. The summed E-state index contributed by atoms with van der Waals surface area (Å²) in [6.07, 6.45) is 5.42. The molecule has 1 aromatic heterocycles. The minimum atomic E-state index is -0.390. The number of amides is 1. The molecule has 0 unspecified atom stereocenters. The third-order valence-electron chi connectivity index (χ3n) is 2.07. The van der Waals surface area contributed by atoms with Crippen molar-refractivity contribution >= 4 is 5.91 Å². The normalized spacial score (nSPS) is 9.88. The molecule has 0 aliphatic rings. The van der Waals surface area contributed by atoms with Gasteiger partial charge in [-0.1, -0.05) is 6.08 Å². The Morgan fingerprint density at radius 3 is 3.06 bits per heavy atom. The molecule has 5 heteroatoms. The van der Waals surface area contributed by atoms with Crippen molar-refractivity contribution in [1.82, 2.24) is 10.3 Å².